The normalized spacial score (nSPS) is 11.8. The number of fused-ring (bicyclic) bond motifs is 1. The average Bonchev–Trinajstić information content (AvgIpc) is 3.04. The van der Waals surface area contributed by atoms with Crippen molar-refractivity contribution in [1.29, 1.82) is 0 Å². The van der Waals surface area contributed by atoms with Crippen LogP contribution < -0.4 is 21.9 Å². The zero-order chi connectivity index (χ0) is 33.1. The van der Waals surface area contributed by atoms with Crippen molar-refractivity contribution in [2.45, 2.75) is 45.2 Å². The number of hydrogen-bond acceptors (Lipinski definition) is 12. The summed E-state index contributed by atoms with van der Waals surface area (Å²) in [5.41, 5.74) is 7.21. The Kier molecular flexibility index (Phi) is 15.5. The molecule has 0 bridgehead atoms. The summed E-state index contributed by atoms with van der Waals surface area (Å²) < 4.78 is 21.4. The first-order valence-electron chi connectivity index (χ1n) is 15.1. The van der Waals surface area contributed by atoms with E-state index in [2.05, 4.69) is 25.6 Å². The number of rotatable bonds is 23. The molecule has 0 saturated carbocycles. The minimum atomic E-state index is -1.22. The Bertz CT molecular complexity index is 1470. The third-order valence-electron chi connectivity index (χ3n) is 6.62. The van der Waals surface area contributed by atoms with Crippen molar-refractivity contribution < 1.29 is 38.4 Å². The largest absolute Gasteiger partial charge is 0.480 e. The Morgan fingerprint density at radius 2 is 1.61 bits per heavy atom. The Hall–Kier alpha value is -4.44. The number of hydrogen-bond donors (Lipinski definition) is 5. The number of Topliss-reactive ketones (excluding diaryl/α,β-unsaturated/α-hetero) is 1. The Labute approximate surface area is 266 Å². The first kappa shape index (κ1) is 36.0. The van der Waals surface area contributed by atoms with Crippen molar-refractivity contribution in [3.8, 4) is 0 Å². The van der Waals surface area contributed by atoms with Crippen LogP contribution in [0.25, 0.3) is 11.0 Å². The third kappa shape index (κ3) is 12.9. The Morgan fingerprint density at radius 1 is 0.957 bits per heavy atom. The maximum absolute atomic E-state index is 12.7. The average molecular weight is 643 g/mol. The van der Waals surface area contributed by atoms with E-state index in [9.17, 15) is 24.3 Å². The molecule has 46 heavy (non-hydrogen) atoms. The number of H-pyrrole nitrogens is 1. The molecule has 0 unspecified atom stereocenters. The van der Waals surface area contributed by atoms with Crippen LogP contribution in [0.3, 0.4) is 0 Å². The molecule has 1 atom stereocenters. The van der Waals surface area contributed by atoms with Gasteiger partial charge < -0.3 is 45.4 Å². The maximum atomic E-state index is 12.7. The molecule has 15 heteroatoms. The molecule has 0 aliphatic rings. The number of anilines is 2. The fourth-order valence-corrected chi connectivity index (χ4v) is 4.20. The number of aliphatic carboxylic acids is 1. The van der Waals surface area contributed by atoms with Crippen LogP contribution in [0.1, 0.15) is 48.7 Å². The summed E-state index contributed by atoms with van der Waals surface area (Å²) in [6.07, 6.45) is 2.28. The topological polar surface area (TPSA) is 217 Å². The summed E-state index contributed by atoms with van der Waals surface area (Å²) in [5.74, 6) is -1.70. The molecule has 0 saturated heterocycles. The van der Waals surface area contributed by atoms with E-state index in [0.717, 1.165) is 0 Å². The van der Waals surface area contributed by atoms with Gasteiger partial charge >= 0.3 is 5.97 Å². The number of nitrogens with one attached hydrogen (secondary N) is 3. The molecule has 1 aromatic carbocycles. The molecular formula is C31H42N6O9. The number of carbonyl (C=O) groups excluding carboxylic acids is 2. The molecule has 0 aliphatic carbocycles. The second-order valence-electron chi connectivity index (χ2n) is 10.2. The highest BCUT2D eigenvalue weighted by atomic mass is 16.6. The summed E-state index contributed by atoms with van der Waals surface area (Å²) in [7, 11) is 0. The van der Waals surface area contributed by atoms with Crippen molar-refractivity contribution in [3.63, 3.8) is 0 Å². The summed E-state index contributed by atoms with van der Waals surface area (Å²) in [6.45, 7) is 6.09. The number of ether oxygens (including phenoxy) is 4. The number of pyridine rings is 1. The molecule has 2 heterocycles. The highest BCUT2D eigenvalue weighted by Crippen LogP contribution is 2.13. The molecule has 3 rings (SSSR count). The summed E-state index contributed by atoms with van der Waals surface area (Å²) in [4.78, 5) is 59.8. The highest BCUT2D eigenvalue weighted by molar-refractivity contribution is 5.97. The second kappa shape index (κ2) is 19.8. The van der Waals surface area contributed by atoms with Gasteiger partial charge in [-0.05, 0) is 44.0 Å². The van der Waals surface area contributed by atoms with Crippen LogP contribution >= 0.6 is 0 Å². The number of aromatic nitrogens is 3. The van der Waals surface area contributed by atoms with Crippen molar-refractivity contribution in [2.24, 2.45) is 0 Å². The smallest absolute Gasteiger partial charge is 0.326 e. The monoisotopic (exact) mass is 642 g/mol. The molecule has 0 spiro atoms. The number of nitrogens with zero attached hydrogens (tertiary/aromatic N) is 2. The quantitative estimate of drug-likeness (QED) is 0.0935. The zero-order valence-electron chi connectivity index (χ0n) is 25.9. The number of nitrogen functional groups attached to an aromatic ring is 1. The molecule has 3 aromatic rings. The van der Waals surface area contributed by atoms with Crippen LogP contribution in [-0.2, 0) is 35.1 Å². The minimum absolute atomic E-state index is 0.0173. The molecule has 0 radical (unpaired) electrons. The molecule has 2 aromatic heterocycles. The van der Waals surface area contributed by atoms with Crippen LogP contribution in [0.4, 0.5) is 11.5 Å². The predicted octanol–water partition coefficient (Wildman–Crippen LogP) is 1.91. The number of amides is 1. The Balaban J connectivity index is 1.31. The fraction of sp³-hybridized carbons (Fsp3) is 0.484. The van der Waals surface area contributed by atoms with E-state index in [1.54, 1.807) is 24.3 Å². The highest BCUT2D eigenvalue weighted by Gasteiger charge is 2.21. The SMILES string of the molecule is CCOCCOCCOCCOCCCC(=O)CC[C@H](NC(=O)c1ccc(NCc2cnc3cc(N)[nH]c(=O)c3n2)cc1)C(=O)O. The molecule has 15 nitrogen and oxygen atoms in total. The van der Waals surface area contributed by atoms with Crippen LogP contribution in [-0.4, -0.2) is 96.6 Å². The third-order valence-corrected chi connectivity index (χ3v) is 6.62. The van der Waals surface area contributed by atoms with Gasteiger partial charge in [-0.2, -0.15) is 0 Å². The van der Waals surface area contributed by atoms with E-state index in [0.29, 0.717) is 76.2 Å². The van der Waals surface area contributed by atoms with Crippen LogP contribution in [0.15, 0.2) is 41.3 Å². The summed E-state index contributed by atoms with van der Waals surface area (Å²) >= 11 is 0. The first-order valence-corrected chi connectivity index (χ1v) is 15.1. The van der Waals surface area contributed by atoms with Gasteiger partial charge in [0.2, 0.25) is 0 Å². The lowest BCUT2D eigenvalue weighted by Crippen LogP contribution is -2.41. The Morgan fingerprint density at radius 3 is 2.26 bits per heavy atom. The summed E-state index contributed by atoms with van der Waals surface area (Å²) in [5, 5.41) is 15.2. The molecular weight excluding hydrogens is 600 g/mol. The lowest BCUT2D eigenvalue weighted by molar-refractivity contribution is -0.139. The van der Waals surface area contributed by atoms with Gasteiger partial charge in [-0.25, -0.2) is 9.78 Å². The number of benzene rings is 1. The van der Waals surface area contributed by atoms with E-state index in [1.807, 2.05) is 6.92 Å². The minimum Gasteiger partial charge on any atom is -0.480 e. The van der Waals surface area contributed by atoms with Crippen molar-refractivity contribution in [1.82, 2.24) is 20.3 Å². The predicted molar refractivity (Wildman–Crippen MR) is 170 cm³/mol. The van der Waals surface area contributed by atoms with E-state index >= 15 is 0 Å². The standard InChI is InChI=1S/C31H42N6O9/c1-2-43-12-13-45-16-17-46-15-14-44-11-3-4-24(38)9-10-25(31(41)42)36-29(39)21-5-7-22(8-6-21)33-19-23-20-34-26-18-27(32)37-30(40)28(26)35-23/h5-8,18,20,25,33H,2-4,9-17,19H2,1H3,(H,36,39)(H,41,42)(H3,32,37,40)/t25-/m0/s1. The van der Waals surface area contributed by atoms with E-state index in [4.69, 9.17) is 24.7 Å². The zero-order valence-corrected chi connectivity index (χ0v) is 25.9. The fourth-order valence-electron chi connectivity index (χ4n) is 4.20. The number of carboxylic acid groups (broad SMARTS) is 1. The van der Waals surface area contributed by atoms with Gasteiger partial charge in [0.15, 0.2) is 5.52 Å². The van der Waals surface area contributed by atoms with Gasteiger partial charge in [-0.3, -0.25) is 19.4 Å². The van der Waals surface area contributed by atoms with Crippen LogP contribution in [0.5, 0.6) is 0 Å². The number of ketones is 1. The van der Waals surface area contributed by atoms with Gasteiger partial charge in [0, 0.05) is 43.4 Å². The maximum Gasteiger partial charge on any atom is 0.326 e. The second-order valence-corrected chi connectivity index (χ2v) is 10.2. The van der Waals surface area contributed by atoms with Crippen LogP contribution in [0.2, 0.25) is 0 Å². The van der Waals surface area contributed by atoms with Gasteiger partial charge in [-0.15, -0.1) is 0 Å². The van der Waals surface area contributed by atoms with Gasteiger partial charge in [0.25, 0.3) is 11.5 Å². The molecule has 6 N–H and O–H groups in total. The molecule has 0 fully saturated rings. The van der Waals surface area contributed by atoms with Crippen molar-refractivity contribution >= 4 is 40.2 Å². The number of carbonyl (C=O) groups is 3. The van der Waals surface area contributed by atoms with Gasteiger partial charge in [0.1, 0.15) is 17.6 Å². The lowest BCUT2D eigenvalue weighted by Gasteiger charge is -2.14. The van der Waals surface area contributed by atoms with E-state index < -0.39 is 23.5 Å². The van der Waals surface area contributed by atoms with E-state index in [1.165, 1.54) is 12.3 Å². The molecule has 1 amide bonds. The van der Waals surface area contributed by atoms with Crippen molar-refractivity contribution in [2.75, 3.05) is 63.9 Å². The van der Waals surface area contributed by atoms with Crippen LogP contribution in [0, 0.1) is 0 Å². The number of aromatic amines is 1. The van der Waals surface area contributed by atoms with Gasteiger partial charge in [-0.1, -0.05) is 0 Å². The van der Waals surface area contributed by atoms with Gasteiger partial charge in [0.05, 0.1) is 63.6 Å². The lowest BCUT2D eigenvalue weighted by atomic mass is 10.1. The first-order chi connectivity index (χ1) is 22.3. The van der Waals surface area contributed by atoms with E-state index in [-0.39, 0.29) is 48.5 Å². The molecule has 0 aliphatic heterocycles. The van der Waals surface area contributed by atoms with Crippen molar-refractivity contribution in [3.05, 3.63) is 58.1 Å². The molecule has 250 valence electrons. The number of carboxylic acids is 1. The summed E-state index contributed by atoms with van der Waals surface area (Å²) in [6, 6.07) is 6.72. The number of nitrogens with two attached hydrogens (primary N) is 1.